The van der Waals surface area contributed by atoms with Crippen LogP contribution in [0.1, 0.15) is 337 Å². The van der Waals surface area contributed by atoms with Crippen molar-refractivity contribution in [2.75, 3.05) is 13.2 Å². The van der Waals surface area contributed by atoms with Crippen LogP contribution in [0.5, 0.6) is 0 Å². The molecule has 0 spiro atoms. The van der Waals surface area contributed by atoms with Gasteiger partial charge in [0.25, 0.3) is 0 Å². The van der Waals surface area contributed by atoms with Crippen LogP contribution in [0.4, 0.5) is 0 Å². The molecule has 0 aromatic heterocycles. The van der Waals surface area contributed by atoms with Crippen LogP contribution in [0.25, 0.3) is 0 Å². The first-order valence-corrected chi connectivity index (χ1v) is 30.1. The summed E-state index contributed by atoms with van der Waals surface area (Å²) in [4.78, 5) is 38.2. The summed E-state index contributed by atoms with van der Waals surface area (Å²) in [5, 5.41) is 0. The average Bonchev–Trinajstić information content (AvgIpc) is 3.29. The second-order valence-corrected chi connectivity index (χ2v) is 22.4. The van der Waals surface area contributed by atoms with Gasteiger partial charge in [-0.3, -0.25) is 14.4 Å². The van der Waals surface area contributed by atoms with E-state index in [0.29, 0.717) is 19.3 Å². The van der Waals surface area contributed by atoms with E-state index in [4.69, 9.17) is 14.2 Å². The molecule has 0 fully saturated rings. The van der Waals surface area contributed by atoms with Crippen LogP contribution >= 0.6 is 0 Å². The summed E-state index contributed by atoms with van der Waals surface area (Å²) >= 11 is 0. The largest absolute Gasteiger partial charge is 0.462 e. The molecule has 0 aromatic rings. The fourth-order valence-corrected chi connectivity index (χ4v) is 9.35. The fourth-order valence-electron chi connectivity index (χ4n) is 9.35. The molecule has 0 amide bonds. The lowest BCUT2D eigenvalue weighted by Gasteiger charge is -2.18. The summed E-state index contributed by atoms with van der Waals surface area (Å²) in [5.41, 5.74) is 0. The maximum atomic E-state index is 12.9. The molecule has 398 valence electrons. The number of hydrogen-bond acceptors (Lipinski definition) is 6. The highest BCUT2D eigenvalue weighted by Crippen LogP contribution is 2.19. The molecule has 0 saturated carbocycles. The van der Waals surface area contributed by atoms with Crippen LogP contribution in [0.3, 0.4) is 0 Å². The van der Waals surface area contributed by atoms with E-state index in [1.165, 1.54) is 218 Å². The van der Waals surface area contributed by atoms with Gasteiger partial charge in [0, 0.05) is 19.3 Å². The molecule has 0 aliphatic rings. The lowest BCUT2D eigenvalue weighted by atomic mass is 10.0. The lowest BCUT2D eigenvalue weighted by Crippen LogP contribution is -2.30. The summed E-state index contributed by atoms with van der Waals surface area (Å²) in [6, 6.07) is 0. The fraction of sp³-hybridized carbons (Fsp3) is 0.951. The van der Waals surface area contributed by atoms with Gasteiger partial charge in [-0.05, 0) is 37.0 Å². The highest BCUT2D eigenvalue weighted by Gasteiger charge is 2.19. The summed E-state index contributed by atoms with van der Waals surface area (Å²) < 4.78 is 16.9. The van der Waals surface area contributed by atoms with E-state index in [9.17, 15) is 14.4 Å². The molecule has 0 aliphatic carbocycles. The van der Waals surface area contributed by atoms with E-state index in [1.807, 2.05) is 0 Å². The topological polar surface area (TPSA) is 78.9 Å². The Morgan fingerprint density at radius 3 is 0.642 bits per heavy atom. The molecule has 0 aromatic carbocycles. The van der Waals surface area contributed by atoms with Crippen LogP contribution in [0.2, 0.25) is 0 Å². The van der Waals surface area contributed by atoms with Gasteiger partial charge in [-0.15, -0.1) is 0 Å². The molecule has 0 N–H and O–H groups in total. The number of ether oxygens (including phenoxy) is 3. The first-order valence-electron chi connectivity index (χ1n) is 30.1. The number of unbranched alkanes of at least 4 members (excludes halogenated alkanes) is 37. The van der Waals surface area contributed by atoms with Gasteiger partial charge < -0.3 is 14.2 Å². The molecule has 0 saturated heterocycles. The van der Waals surface area contributed by atoms with Crippen LogP contribution in [0.15, 0.2) is 0 Å². The van der Waals surface area contributed by atoms with Crippen molar-refractivity contribution in [2.24, 2.45) is 17.8 Å². The van der Waals surface area contributed by atoms with Gasteiger partial charge in [0.15, 0.2) is 6.10 Å². The van der Waals surface area contributed by atoms with Crippen molar-refractivity contribution < 1.29 is 28.6 Å². The zero-order valence-electron chi connectivity index (χ0n) is 46.2. The number of hydrogen-bond donors (Lipinski definition) is 0. The normalized spacial score (nSPS) is 12.1. The van der Waals surface area contributed by atoms with E-state index in [2.05, 4.69) is 41.5 Å². The first kappa shape index (κ1) is 65.4. The van der Waals surface area contributed by atoms with E-state index in [1.54, 1.807) is 0 Å². The quantitative estimate of drug-likeness (QED) is 0.0343. The van der Waals surface area contributed by atoms with E-state index in [-0.39, 0.29) is 31.1 Å². The highest BCUT2D eigenvalue weighted by molar-refractivity contribution is 5.71. The van der Waals surface area contributed by atoms with Crippen molar-refractivity contribution in [2.45, 2.75) is 343 Å². The monoisotopic (exact) mass is 947 g/mol. The third kappa shape index (κ3) is 55.2. The minimum atomic E-state index is -0.764. The average molecular weight is 948 g/mol. The summed E-state index contributed by atoms with van der Waals surface area (Å²) in [6.07, 6.45) is 55.2. The molecular weight excluding hydrogens is 829 g/mol. The van der Waals surface area contributed by atoms with Crippen molar-refractivity contribution in [3.63, 3.8) is 0 Å². The first-order chi connectivity index (χ1) is 32.6. The Morgan fingerprint density at radius 2 is 0.433 bits per heavy atom. The van der Waals surface area contributed by atoms with Crippen LogP contribution in [-0.2, 0) is 28.6 Å². The Labute approximate surface area is 418 Å². The predicted octanol–water partition coefficient (Wildman–Crippen LogP) is 19.9. The smallest absolute Gasteiger partial charge is 0.306 e. The van der Waals surface area contributed by atoms with Crippen molar-refractivity contribution in [3.05, 3.63) is 0 Å². The van der Waals surface area contributed by atoms with E-state index < -0.39 is 6.10 Å². The predicted molar refractivity (Wildman–Crippen MR) is 289 cm³/mol. The molecular formula is C61H118O6. The molecule has 0 radical (unpaired) electrons. The molecule has 6 heteroatoms. The Balaban J connectivity index is 4.29. The minimum Gasteiger partial charge on any atom is -0.462 e. The van der Waals surface area contributed by atoms with E-state index in [0.717, 1.165) is 75.5 Å². The molecule has 0 rings (SSSR count). The van der Waals surface area contributed by atoms with Crippen molar-refractivity contribution in [1.29, 1.82) is 0 Å². The Kier molecular flexibility index (Phi) is 51.0. The van der Waals surface area contributed by atoms with Gasteiger partial charge in [-0.25, -0.2) is 0 Å². The van der Waals surface area contributed by atoms with Crippen molar-refractivity contribution in [3.8, 4) is 0 Å². The van der Waals surface area contributed by atoms with Crippen molar-refractivity contribution in [1.82, 2.24) is 0 Å². The standard InChI is InChI=1S/C61H118O6/c1-55(2)47-41-35-29-23-17-12-9-7-8-10-14-20-26-32-38-44-50-59(62)65-53-58(54-66-60(63)51-45-39-33-27-22-16-19-25-31-37-43-49-57(5)6)67-61(64)52-46-40-34-28-21-15-11-13-18-24-30-36-42-48-56(3)4/h55-58H,7-54H2,1-6H3/t58-/m1/s1. The summed E-state index contributed by atoms with van der Waals surface area (Å²) in [5.74, 6) is 1.68. The maximum absolute atomic E-state index is 12.9. The third-order valence-corrected chi connectivity index (χ3v) is 13.9. The maximum Gasteiger partial charge on any atom is 0.306 e. The second kappa shape index (κ2) is 52.2. The zero-order chi connectivity index (χ0) is 49.1. The van der Waals surface area contributed by atoms with Crippen LogP contribution < -0.4 is 0 Å². The van der Waals surface area contributed by atoms with Gasteiger partial charge in [0.2, 0.25) is 0 Å². The number of esters is 3. The van der Waals surface area contributed by atoms with Crippen LogP contribution in [0, 0.1) is 17.8 Å². The van der Waals surface area contributed by atoms with Gasteiger partial charge in [0.05, 0.1) is 0 Å². The number of carbonyl (C=O) groups excluding carboxylic acids is 3. The summed E-state index contributed by atoms with van der Waals surface area (Å²) in [6.45, 7) is 13.8. The van der Waals surface area contributed by atoms with Gasteiger partial charge >= 0.3 is 17.9 Å². The Bertz CT molecular complexity index is 1040. The second-order valence-electron chi connectivity index (χ2n) is 22.4. The molecule has 0 heterocycles. The van der Waals surface area contributed by atoms with Gasteiger partial charge in [0.1, 0.15) is 13.2 Å². The molecule has 1 atom stereocenters. The van der Waals surface area contributed by atoms with Gasteiger partial charge in [-0.1, -0.05) is 298 Å². The molecule has 6 nitrogen and oxygen atoms in total. The third-order valence-electron chi connectivity index (χ3n) is 13.9. The Morgan fingerprint density at radius 1 is 0.254 bits per heavy atom. The lowest BCUT2D eigenvalue weighted by molar-refractivity contribution is -0.167. The number of carbonyl (C=O) groups is 3. The Hall–Kier alpha value is -1.59. The van der Waals surface area contributed by atoms with E-state index >= 15 is 0 Å². The molecule has 0 bridgehead atoms. The minimum absolute atomic E-state index is 0.0631. The number of rotatable bonds is 54. The van der Waals surface area contributed by atoms with Gasteiger partial charge in [-0.2, -0.15) is 0 Å². The van der Waals surface area contributed by atoms with Crippen LogP contribution in [-0.4, -0.2) is 37.2 Å². The molecule has 67 heavy (non-hydrogen) atoms. The molecule has 0 unspecified atom stereocenters. The SMILES string of the molecule is CC(C)CCCCCCCCCCCCCCCCCCC(=O)OC[C@H](COC(=O)CCCCCCCCCCCCCC(C)C)OC(=O)CCCCCCCCCCCCCCCC(C)C. The highest BCUT2D eigenvalue weighted by atomic mass is 16.6. The molecule has 0 aliphatic heterocycles. The van der Waals surface area contributed by atoms with Crippen molar-refractivity contribution >= 4 is 17.9 Å². The summed E-state index contributed by atoms with van der Waals surface area (Å²) in [7, 11) is 0. The zero-order valence-corrected chi connectivity index (χ0v) is 46.2.